The predicted octanol–water partition coefficient (Wildman–Crippen LogP) is 5.39. The van der Waals surface area contributed by atoms with Crippen molar-refractivity contribution in [3.8, 4) is 21.7 Å². The van der Waals surface area contributed by atoms with Crippen LogP contribution in [0.3, 0.4) is 0 Å². The molecule has 2 heterocycles. The highest BCUT2D eigenvalue weighted by Gasteiger charge is 2.15. The Labute approximate surface area is 179 Å². The van der Waals surface area contributed by atoms with Crippen molar-refractivity contribution in [2.75, 3.05) is 18.1 Å². The molecule has 0 fully saturated rings. The van der Waals surface area contributed by atoms with Crippen molar-refractivity contribution in [2.24, 2.45) is 0 Å². The van der Waals surface area contributed by atoms with Crippen molar-refractivity contribution >= 4 is 39.2 Å². The summed E-state index contributed by atoms with van der Waals surface area (Å²) in [6.45, 7) is -1.07. The molecule has 31 heavy (non-hydrogen) atoms. The van der Waals surface area contributed by atoms with Crippen LogP contribution in [-0.2, 0) is 0 Å². The van der Waals surface area contributed by atoms with Gasteiger partial charge in [-0.2, -0.15) is 0 Å². The number of alkyl halides is 1. The molecule has 0 atom stereocenters. The molecular weight excluding hydrogens is 423 g/mol. The van der Waals surface area contributed by atoms with Crippen molar-refractivity contribution in [1.29, 1.82) is 0 Å². The lowest BCUT2D eigenvalue weighted by molar-refractivity contribution is -0.384. The van der Waals surface area contributed by atoms with Crippen LogP contribution < -0.4 is 4.90 Å². The summed E-state index contributed by atoms with van der Waals surface area (Å²) < 4.78 is 13.3. The summed E-state index contributed by atoms with van der Waals surface area (Å²) in [5.41, 5.74) is 3.25. The third-order valence-electron chi connectivity index (χ3n) is 4.61. The van der Waals surface area contributed by atoms with Crippen LogP contribution in [0.2, 0.25) is 0 Å². The zero-order valence-corrected chi connectivity index (χ0v) is 16.8. The minimum Gasteiger partial charge on any atom is -0.465 e. The fourth-order valence-electron chi connectivity index (χ4n) is 3.06. The number of benzene rings is 2. The Balaban J connectivity index is 1.57. The average Bonchev–Trinajstić information content (AvgIpc) is 3.21. The number of pyridine rings is 1. The van der Waals surface area contributed by atoms with Crippen LogP contribution in [0.5, 0.6) is 0 Å². The summed E-state index contributed by atoms with van der Waals surface area (Å²) in [7, 11) is 0. The molecule has 4 aromatic rings. The van der Waals surface area contributed by atoms with E-state index in [9.17, 15) is 19.3 Å². The molecule has 10 heteroatoms. The van der Waals surface area contributed by atoms with E-state index in [1.807, 2.05) is 24.3 Å². The van der Waals surface area contributed by atoms with E-state index in [0.717, 1.165) is 31.3 Å². The summed E-state index contributed by atoms with van der Waals surface area (Å²) in [5.74, 6) is 0.161. The van der Waals surface area contributed by atoms with Gasteiger partial charge in [0.1, 0.15) is 17.5 Å². The molecule has 1 amide bonds. The number of anilines is 1. The number of nitro groups is 1. The predicted molar refractivity (Wildman–Crippen MR) is 116 cm³/mol. The van der Waals surface area contributed by atoms with E-state index < -0.39 is 17.7 Å². The maximum Gasteiger partial charge on any atom is 0.413 e. The number of hydrogen-bond acceptors (Lipinski definition) is 6. The van der Waals surface area contributed by atoms with Gasteiger partial charge in [0.2, 0.25) is 0 Å². The van der Waals surface area contributed by atoms with E-state index in [2.05, 4.69) is 9.97 Å². The summed E-state index contributed by atoms with van der Waals surface area (Å²) in [5, 5.41) is 20.9. The van der Waals surface area contributed by atoms with Crippen LogP contribution in [0, 0.1) is 10.1 Å². The maximum absolute atomic E-state index is 12.6. The normalized spacial score (nSPS) is 10.9. The van der Waals surface area contributed by atoms with Crippen LogP contribution in [0.15, 0.2) is 60.8 Å². The Bertz CT molecular complexity index is 1260. The van der Waals surface area contributed by atoms with Crippen LogP contribution in [0.1, 0.15) is 0 Å². The number of non-ortho nitro benzene ring substituents is 1. The molecule has 2 aromatic heterocycles. The van der Waals surface area contributed by atoms with Gasteiger partial charge < -0.3 is 5.11 Å². The number of carbonyl (C=O) groups is 1. The van der Waals surface area contributed by atoms with Crippen molar-refractivity contribution in [2.45, 2.75) is 0 Å². The van der Waals surface area contributed by atoms with Crippen molar-refractivity contribution < 1.29 is 19.2 Å². The molecule has 1 N–H and O–H groups in total. The summed E-state index contributed by atoms with van der Waals surface area (Å²) in [6, 6.07) is 15.4. The quantitative estimate of drug-likeness (QED) is 0.319. The summed E-state index contributed by atoms with van der Waals surface area (Å²) in [6.07, 6.45) is 0.276. The molecule has 156 valence electrons. The first kappa shape index (κ1) is 20.4. The van der Waals surface area contributed by atoms with Gasteiger partial charge in [-0.1, -0.05) is 24.3 Å². The van der Waals surface area contributed by atoms with E-state index in [1.165, 1.54) is 35.7 Å². The lowest BCUT2D eigenvalue weighted by Gasteiger charge is -2.16. The van der Waals surface area contributed by atoms with E-state index in [0.29, 0.717) is 5.52 Å². The first-order valence-electron chi connectivity index (χ1n) is 9.14. The number of thiazole rings is 1. The lowest BCUT2D eigenvalue weighted by Crippen LogP contribution is -2.31. The molecule has 0 aliphatic rings. The number of carboxylic acid groups (broad SMARTS) is 1. The van der Waals surface area contributed by atoms with E-state index >= 15 is 0 Å². The first-order chi connectivity index (χ1) is 15.0. The molecule has 0 spiro atoms. The topological polar surface area (TPSA) is 109 Å². The monoisotopic (exact) mass is 438 g/mol. The largest absolute Gasteiger partial charge is 0.465 e. The second-order valence-corrected chi connectivity index (χ2v) is 7.56. The number of fused-ring (bicyclic) bond motifs is 1. The number of nitrogens with zero attached hydrogens (tertiary/aromatic N) is 4. The molecule has 0 radical (unpaired) electrons. The highest BCUT2D eigenvalue weighted by Crippen LogP contribution is 2.33. The van der Waals surface area contributed by atoms with Crippen LogP contribution >= 0.6 is 11.3 Å². The SMILES string of the molecule is O=C(O)N(CCF)c1ccc(-c2ccc(-c3nc4ccc([N+](=O)[O-])cc4s3)cc2)cn1. The molecule has 4 rings (SSSR count). The molecule has 8 nitrogen and oxygen atoms in total. The van der Waals surface area contributed by atoms with Crippen molar-refractivity contribution in [1.82, 2.24) is 9.97 Å². The van der Waals surface area contributed by atoms with Gasteiger partial charge in [-0.15, -0.1) is 11.3 Å². The second-order valence-electron chi connectivity index (χ2n) is 6.53. The van der Waals surface area contributed by atoms with Gasteiger partial charge in [0.05, 0.1) is 21.7 Å². The molecule has 0 saturated carbocycles. The van der Waals surface area contributed by atoms with Crippen LogP contribution in [0.4, 0.5) is 20.7 Å². The molecule has 2 aromatic carbocycles. The Morgan fingerprint density at radius 2 is 1.81 bits per heavy atom. The van der Waals surface area contributed by atoms with Gasteiger partial charge in [-0.3, -0.25) is 15.0 Å². The highest BCUT2D eigenvalue weighted by atomic mass is 32.1. The van der Waals surface area contributed by atoms with Gasteiger partial charge in [0, 0.05) is 29.5 Å². The summed E-state index contributed by atoms with van der Waals surface area (Å²) >= 11 is 1.38. The van der Waals surface area contributed by atoms with Gasteiger partial charge in [0.25, 0.3) is 5.69 Å². The van der Waals surface area contributed by atoms with Gasteiger partial charge in [0.15, 0.2) is 0 Å². The Morgan fingerprint density at radius 1 is 1.10 bits per heavy atom. The standard InChI is InChI=1S/C21H15FN4O4S/c22-9-10-25(21(27)28)19-8-5-15(12-23-19)13-1-3-14(4-2-13)20-24-17-7-6-16(26(29)30)11-18(17)31-20/h1-8,11-12H,9-10H2,(H,27,28). The third-order valence-corrected chi connectivity index (χ3v) is 5.68. The van der Waals surface area contributed by atoms with Crippen molar-refractivity contribution in [3.63, 3.8) is 0 Å². The Morgan fingerprint density at radius 3 is 2.42 bits per heavy atom. The fraction of sp³-hybridized carbons (Fsp3) is 0.0952. The molecule has 0 aliphatic heterocycles. The zero-order chi connectivity index (χ0) is 22.0. The number of hydrogen-bond donors (Lipinski definition) is 1. The lowest BCUT2D eigenvalue weighted by atomic mass is 10.1. The van der Waals surface area contributed by atoms with E-state index in [1.54, 1.807) is 12.1 Å². The number of amides is 1. The molecule has 0 bridgehead atoms. The second kappa shape index (κ2) is 8.44. The minimum atomic E-state index is -1.26. The van der Waals surface area contributed by atoms with Gasteiger partial charge in [-0.05, 0) is 23.8 Å². The number of aromatic nitrogens is 2. The van der Waals surface area contributed by atoms with Gasteiger partial charge >= 0.3 is 6.09 Å². The third kappa shape index (κ3) is 4.19. The zero-order valence-electron chi connectivity index (χ0n) is 15.9. The molecule has 0 unspecified atom stereocenters. The average molecular weight is 438 g/mol. The number of halogens is 1. The smallest absolute Gasteiger partial charge is 0.413 e. The first-order valence-corrected chi connectivity index (χ1v) is 9.96. The Kier molecular flexibility index (Phi) is 5.54. The van der Waals surface area contributed by atoms with E-state index in [-0.39, 0.29) is 18.1 Å². The molecule has 0 saturated heterocycles. The highest BCUT2D eigenvalue weighted by molar-refractivity contribution is 7.21. The number of nitro benzene ring substituents is 1. The van der Waals surface area contributed by atoms with Crippen LogP contribution in [-0.4, -0.2) is 39.3 Å². The molecular formula is C21H15FN4O4S. The molecule has 0 aliphatic carbocycles. The van der Waals surface area contributed by atoms with Gasteiger partial charge in [-0.25, -0.2) is 19.2 Å². The fourth-order valence-corrected chi connectivity index (χ4v) is 4.07. The minimum absolute atomic E-state index is 0.0296. The number of rotatable bonds is 6. The summed E-state index contributed by atoms with van der Waals surface area (Å²) in [4.78, 5) is 31.3. The Hall–Kier alpha value is -3.92. The maximum atomic E-state index is 12.6. The van der Waals surface area contributed by atoms with Crippen molar-refractivity contribution in [3.05, 3.63) is 70.9 Å². The van der Waals surface area contributed by atoms with E-state index in [4.69, 9.17) is 5.11 Å². The van der Waals surface area contributed by atoms with Crippen LogP contribution in [0.25, 0.3) is 31.9 Å².